The van der Waals surface area contributed by atoms with Gasteiger partial charge in [-0.3, -0.25) is 9.78 Å². The molecule has 0 fully saturated rings. The molecule has 104 valence electrons. The van der Waals surface area contributed by atoms with Crippen LogP contribution in [0, 0.1) is 0 Å². The number of quaternary nitrogens is 1. The molecule has 0 unspecified atom stereocenters. The van der Waals surface area contributed by atoms with Gasteiger partial charge in [0.15, 0.2) is 0 Å². The number of amides is 1. The van der Waals surface area contributed by atoms with Crippen molar-refractivity contribution in [3.8, 4) is 0 Å². The van der Waals surface area contributed by atoms with Crippen LogP contribution in [0.1, 0.15) is 21.5 Å². The summed E-state index contributed by atoms with van der Waals surface area (Å²) in [7, 11) is 4.23. The Hall–Kier alpha value is -2.20. The van der Waals surface area contributed by atoms with Gasteiger partial charge < -0.3 is 10.2 Å². The van der Waals surface area contributed by atoms with Gasteiger partial charge in [0.2, 0.25) is 0 Å². The molecule has 0 atom stereocenters. The highest BCUT2D eigenvalue weighted by molar-refractivity contribution is 5.93. The van der Waals surface area contributed by atoms with Crippen molar-refractivity contribution in [1.29, 1.82) is 0 Å². The lowest BCUT2D eigenvalue weighted by atomic mass is 10.1. The zero-order chi connectivity index (χ0) is 14.4. The summed E-state index contributed by atoms with van der Waals surface area (Å²) in [6.07, 6.45) is 3.23. The molecule has 2 aromatic rings. The van der Waals surface area contributed by atoms with E-state index in [1.165, 1.54) is 10.5 Å². The number of benzene rings is 1. The molecule has 20 heavy (non-hydrogen) atoms. The first-order valence-electron chi connectivity index (χ1n) is 6.71. The van der Waals surface area contributed by atoms with Gasteiger partial charge >= 0.3 is 0 Å². The minimum Gasteiger partial charge on any atom is -0.348 e. The Kier molecular flexibility index (Phi) is 4.85. The van der Waals surface area contributed by atoms with Crippen LogP contribution < -0.4 is 10.2 Å². The van der Waals surface area contributed by atoms with E-state index in [2.05, 4.69) is 36.5 Å². The third-order valence-corrected chi connectivity index (χ3v) is 3.03. The molecule has 0 aliphatic rings. The fourth-order valence-electron chi connectivity index (χ4n) is 2.06. The van der Waals surface area contributed by atoms with Gasteiger partial charge in [0.1, 0.15) is 6.54 Å². The van der Waals surface area contributed by atoms with E-state index in [0.717, 1.165) is 12.1 Å². The van der Waals surface area contributed by atoms with E-state index < -0.39 is 0 Å². The number of hydrogen-bond donors (Lipinski definition) is 2. The number of nitrogens with one attached hydrogen (secondary N) is 2. The molecule has 2 rings (SSSR count). The Morgan fingerprint density at radius 3 is 2.55 bits per heavy atom. The number of carbonyl (C=O) groups is 1. The molecule has 1 heterocycles. The largest absolute Gasteiger partial charge is 0.348 e. The lowest BCUT2D eigenvalue weighted by Gasteiger charge is -2.12. The van der Waals surface area contributed by atoms with Crippen molar-refractivity contribution in [2.24, 2.45) is 0 Å². The van der Waals surface area contributed by atoms with Crippen LogP contribution in [0.5, 0.6) is 0 Å². The minimum atomic E-state index is -0.0925. The van der Waals surface area contributed by atoms with Crippen LogP contribution in [-0.2, 0) is 13.1 Å². The fourth-order valence-corrected chi connectivity index (χ4v) is 2.06. The molecule has 0 aliphatic carbocycles. The van der Waals surface area contributed by atoms with E-state index in [1.54, 1.807) is 24.5 Å². The first kappa shape index (κ1) is 14.2. The quantitative estimate of drug-likeness (QED) is 0.838. The fraction of sp³-hybridized carbons (Fsp3) is 0.250. The molecular formula is C16H20N3O+. The number of carbonyl (C=O) groups excluding carboxylic acids is 1. The van der Waals surface area contributed by atoms with Gasteiger partial charge in [-0.1, -0.05) is 24.3 Å². The number of rotatable bonds is 5. The minimum absolute atomic E-state index is 0.0925. The number of hydrogen-bond acceptors (Lipinski definition) is 2. The molecular weight excluding hydrogens is 250 g/mol. The summed E-state index contributed by atoms with van der Waals surface area (Å²) in [6.45, 7) is 1.48. The standard InChI is InChI=1S/C16H19N3O/c1-19(2)12-15-7-4-3-6-13(15)11-18-16(20)14-8-5-9-17-10-14/h3-10H,11-12H2,1-2H3,(H,18,20)/p+1. The number of pyridine rings is 1. The molecule has 0 spiro atoms. The van der Waals surface area contributed by atoms with Gasteiger partial charge in [0.05, 0.1) is 19.7 Å². The highest BCUT2D eigenvalue weighted by Crippen LogP contribution is 2.07. The van der Waals surface area contributed by atoms with Gasteiger partial charge in [-0.2, -0.15) is 0 Å². The lowest BCUT2D eigenvalue weighted by Crippen LogP contribution is -3.04. The van der Waals surface area contributed by atoms with Crippen molar-refractivity contribution in [3.05, 3.63) is 65.5 Å². The maximum absolute atomic E-state index is 12.0. The third-order valence-electron chi connectivity index (χ3n) is 3.03. The molecule has 0 aliphatic heterocycles. The number of aromatic nitrogens is 1. The second-order valence-electron chi connectivity index (χ2n) is 5.08. The summed E-state index contributed by atoms with van der Waals surface area (Å²) in [5.74, 6) is -0.0925. The van der Waals surface area contributed by atoms with Crippen LogP contribution in [0.4, 0.5) is 0 Å². The van der Waals surface area contributed by atoms with Gasteiger partial charge in [-0.25, -0.2) is 0 Å². The summed E-state index contributed by atoms with van der Waals surface area (Å²) in [6, 6.07) is 11.7. The molecule has 0 saturated heterocycles. The normalized spacial score (nSPS) is 10.6. The van der Waals surface area contributed by atoms with Gasteiger partial charge in [0, 0.05) is 24.5 Å². The molecule has 0 bridgehead atoms. The summed E-state index contributed by atoms with van der Waals surface area (Å²) >= 11 is 0. The van der Waals surface area contributed by atoms with Gasteiger partial charge in [0.25, 0.3) is 5.91 Å². The Balaban J connectivity index is 2.02. The Bertz CT molecular complexity index is 567. The SMILES string of the molecule is C[NH+](C)Cc1ccccc1CNC(=O)c1cccnc1. The topological polar surface area (TPSA) is 46.4 Å². The molecule has 4 heteroatoms. The molecule has 1 amide bonds. The smallest absolute Gasteiger partial charge is 0.253 e. The van der Waals surface area contributed by atoms with Crippen molar-refractivity contribution in [3.63, 3.8) is 0 Å². The highest BCUT2D eigenvalue weighted by atomic mass is 16.1. The highest BCUT2D eigenvalue weighted by Gasteiger charge is 2.08. The van der Waals surface area contributed by atoms with Crippen LogP contribution in [-0.4, -0.2) is 25.0 Å². The van der Waals surface area contributed by atoms with E-state index >= 15 is 0 Å². The first-order chi connectivity index (χ1) is 9.66. The monoisotopic (exact) mass is 270 g/mol. The van der Waals surface area contributed by atoms with Crippen LogP contribution in [0.25, 0.3) is 0 Å². The number of nitrogens with zero attached hydrogens (tertiary/aromatic N) is 1. The predicted octanol–water partition coefficient (Wildman–Crippen LogP) is 0.656. The zero-order valence-electron chi connectivity index (χ0n) is 11.9. The maximum Gasteiger partial charge on any atom is 0.253 e. The molecule has 2 N–H and O–H groups in total. The average Bonchev–Trinajstić information content (AvgIpc) is 2.46. The molecule has 1 aromatic carbocycles. The van der Waals surface area contributed by atoms with Crippen LogP contribution in [0.2, 0.25) is 0 Å². The van der Waals surface area contributed by atoms with Crippen LogP contribution in [0.15, 0.2) is 48.8 Å². The zero-order valence-corrected chi connectivity index (χ0v) is 11.9. The summed E-state index contributed by atoms with van der Waals surface area (Å²) in [4.78, 5) is 17.3. The van der Waals surface area contributed by atoms with Gasteiger partial charge in [-0.15, -0.1) is 0 Å². The van der Waals surface area contributed by atoms with E-state index in [-0.39, 0.29) is 5.91 Å². The van der Waals surface area contributed by atoms with E-state index in [4.69, 9.17) is 0 Å². The second-order valence-corrected chi connectivity index (χ2v) is 5.08. The lowest BCUT2D eigenvalue weighted by molar-refractivity contribution is -0.872. The summed E-state index contributed by atoms with van der Waals surface area (Å²) in [5, 5.41) is 2.94. The Morgan fingerprint density at radius 2 is 1.90 bits per heavy atom. The average molecular weight is 270 g/mol. The Labute approximate surface area is 119 Å². The second kappa shape index (κ2) is 6.82. The van der Waals surface area contributed by atoms with Crippen molar-refractivity contribution < 1.29 is 9.69 Å². The maximum atomic E-state index is 12.0. The Morgan fingerprint density at radius 1 is 1.15 bits per heavy atom. The van der Waals surface area contributed by atoms with Crippen molar-refractivity contribution in [2.75, 3.05) is 14.1 Å². The van der Waals surface area contributed by atoms with Crippen molar-refractivity contribution in [1.82, 2.24) is 10.3 Å². The molecule has 0 saturated carbocycles. The molecule has 0 radical (unpaired) electrons. The van der Waals surface area contributed by atoms with E-state index in [0.29, 0.717) is 12.1 Å². The van der Waals surface area contributed by atoms with Crippen LogP contribution in [0.3, 0.4) is 0 Å². The summed E-state index contributed by atoms with van der Waals surface area (Å²) < 4.78 is 0. The molecule has 4 nitrogen and oxygen atoms in total. The van der Waals surface area contributed by atoms with Crippen molar-refractivity contribution >= 4 is 5.91 Å². The van der Waals surface area contributed by atoms with Crippen molar-refractivity contribution in [2.45, 2.75) is 13.1 Å². The van der Waals surface area contributed by atoms with Crippen LogP contribution >= 0.6 is 0 Å². The first-order valence-corrected chi connectivity index (χ1v) is 6.71. The van der Waals surface area contributed by atoms with E-state index in [9.17, 15) is 4.79 Å². The van der Waals surface area contributed by atoms with Gasteiger partial charge in [-0.05, 0) is 17.7 Å². The molecule has 1 aromatic heterocycles. The van der Waals surface area contributed by atoms with E-state index in [1.807, 2.05) is 12.1 Å². The predicted molar refractivity (Wildman–Crippen MR) is 78.4 cm³/mol. The third kappa shape index (κ3) is 3.90. The summed E-state index contributed by atoms with van der Waals surface area (Å²) in [5.41, 5.74) is 3.01.